The lowest BCUT2D eigenvalue weighted by atomic mass is 9.89. The maximum atomic E-state index is 12.3. The van der Waals surface area contributed by atoms with E-state index in [0.29, 0.717) is 0 Å². The Labute approximate surface area is 133 Å². The van der Waals surface area contributed by atoms with E-state index < -0.39 is 10.1 Å². The van der Waals surface area contributed by atoms with Crippen molar-refractivity contribution in [2.45, 2.75) is 31.6 Å². The highest BCUT2D eigenvalue weighted by Gasteiger charge is 2.21. The third kappa shape index (κ3) is 4.18. The van der Waals surface area contributed by atoms with Gasteiger partial charge in [-0.05, 0) is 30.5 Å². The lowest BCUT2D eigenvalue weighted by Gasteiger charge is -2.21. The van der Waals surface area contributed by atoms with Crippen LogP contribution in [0.15, 0.2) is 59.5 Å². The molecule has 0 radical (unpaired) electrons. The zero-order chi connectivity index (χ0) is 16.2. The molecule has 0 aliphatic carbocycles. The van der Waals surface area contributed by atoms with Gasteiger partial charge in [0, 0.05) is 5.92 Å². The molecule has 1 unspecified atom stereocenters. The summed E-state index contributed by atoms with van der Waals surface area (Å²) in [6.45, 7) is 6.21. The Balaban J connectivity index is 2.14. The van der Waals surface area contributed by atoms with E-state index in [-0.39, 0.29) is 23.3 Å². The van der Waals surface area contributed by atoms with Gasteiger partial charge in [-0.1, -0.05) is 61.9 Å². The highest BCUT2D eigenvalue weighted by atomic mass is 32.2. The predicted octanol–water partition coefficient (Wildman–Crippen LogP) is 4.14. The largest absolute Gasteiger partial charge is 0.296 e. The van der Waals surface area contributed by atoms with Gasteiger partial charge in [0.2, 0.25) is 0 Å². The zero-order valence-electron chi connectivity index (χ0n) is 13.2. The van der Waals surface area contributed by atoms with E-state index in [1.54, 1.807) is 24.3 Å². The summed E-state index contributed by atoms with van der Waals surface area (Å²) in [6, 6.07) is 16.6. The normalized spacial score (nSPS) is 13.3. The lowest BCUT2D eigenvalue weighted by molar-refractivity contribution is 0.263. The summed E-state index contributed by atoms with van der Waals surface area (Å²) < 4.78 is 29.9. The molecule has 0 amide bonds. The second kappa shape index (κ2) is 7.07. The molecule has 4 heteroatoms. The van der Waals surface area contributed by atoms with Crippen LogP contribution in [-0.4, -0.2) is 15.0 Å². The number of benzene rings is 2. The van der Waals surface area contributed by atoms with E-state index in [9.17, 15) is 8.42 Å². The number of aryl methyl sites for hydroxylation is 1. The van der Waals surface area contributed by atoms with Gasteiger partial charge in [0.1, 0.15) is 0 Å². The summed E-state index contributed by atoms with van der Waals surface area (Å²) in [7, 11) is -3.71. The molecule has 0 aromatic heterocycles. The first kappa shape index (κ1) is 16.7. The molecule has 118 valence electrons. The summed E-state index contributed by atoms with van der Waals surface area (Å²) in [4.78, 5) is 0.202. The monoisotopic (exact) mass is 318 g/mol. The van der Waals surface area contributed by atoms with Crippen molar-refractivity contribution in [3.8, 4) is 0 Å². The molecule has 0 saturated heterocycles. The van der Waals surface area contributed by atoms with Gasteiger partial charge >= 0.3 is 0 Å². The molecular weight excluding hydrogens is 296 g/mol. The molecule has 0 N–H and O–H groups in total. The van der Waals surface area contributed by atoms with Gasteiger partial charge < -0.3 is 0 Å². The molecule has 2 aromatic rings. The summed E-state index contributed by atoms with van der Waals surface area (Å²) in [5.41, 5.74) is 2.11. The molecule has 0 spiro atoms. The van der Waals surface area contributed by atoms with Crippen molar-refractivity contribution in [3.05, 3.63) is 65.7 Å². The van der Waals surface area contributed by atoms with Crippen molar-refractivity contribution in [2.75, 3.05) is 6.61 Å². The van der Waals surface area contributed by atoms with Gasteiger partial charge in [0.15, 0.2) is 0 Å². The van der Waals surface area contributed by atoms with Crippen LogP contribution in [0.5, 0.6) is 0 Å². The van der Waals surface area contributed by atoms with Crippen LogP contribution in [0.25, 0.3) is 0 Å². The zero-order valence-corrected chi connectivity index (χ0v) is 14.0. The molecule has 0 heterocycles. The first-order valence-electron chi connectivity index (χ1n) is 7.41. The average molecular weight is 318 g/mol. The fourth-order valence-electron chi connectivity index (χ4n) is 2.31. The predicted molar refractivity (Wildman–Crippen MR) is 88.3 cm³/mol. The quantitative estimate of drug-likeness (QED) is 0.752. The minimum Gasteiger partial charge on any atom is -0.266 e. The highest BCUT2D eigenvalue weighted by molar-refractivity contribution is 7.86. The molecule has 0 saturated carbocycles. The second-order valence-corrected chi connectivity index (χ2v) is 7.43. The fraction of sp³-hybridized carbons (Fsp3) is 0.333. The number of hydrogen-bond donors (Lipinski definition) is 0. The Bertz CT molecular complexity index is 689. The molecule has 0 bridgehead atoms. The van der Waals surface area contributed by atoms with Crippen LogP contribution < -0.4 is 0 Å². The maximum Gasteiger partial charge on any atom is 0.296 e. The standard InChI is InChI=1S/C18H22O3S/c1-14(2)18(16-7-5-4-6-8-16)13-21-22(19,20)17-11-9-15(3)10-12-17/h4-12,14,18H,13H2,1-3H3. The van der Waals surface area contributed by atoms with E-state index in [2.05, 4.69) is 13.8 Å². The molecule has 0 aliphatic heterocycles. The Morgan fingerprint density at radius 3 is 2.09 bits per heavy atom. The summed E-state index contributed by atoms with van der Waals surface area (Å²) in [5, 5.41) is 0. The van der Waals surface area contributed by atoms with Gasteiger partial charge in [0.25, 0.3) is 10.1 Å². The molecule has 3 nitrogen and oxygen atoms in total. The summed E-state index contributed by atoms with van der Waals surface area (Å²) in [6.07, 6.45) is 0. The van der Waals surface area contributed by atoms with E-state index in [1.807, 2.05) is 37.3 Å². The van der Waals surface area contributed by atoms with Crippen LogP contribution in [0.1, 0.15) is 30.9 Å². The van der Waals surface area contributed by atoms with Gasteiger partial charge in [-0.2, -0.15) is 8.42 Å². The first-order chi connectivity index (χ1) is 10.4. The minimum absolute atomic E-state index is 0.0430. The molecule has 0 aliphatic rings. The topological polar surface area (TPSA) is 43.4 Å². The second-order valence-electron chi connectivity index (χ2n) is 5.81. The fourth-order valence-corrected chi connectivity index (χ4v) is 3.24. The van der Waals surface area contributed by atoms with Crippen molar-refractivity contribution in [2.24, 2.45) is 5.92 Å². The van der Waals surface area contributed by atoms with Crippen molar-refractivity contribution < 1.29 is 12.6 Å². The minimum atomic E-state index is -3.71. The third-order valence-corrected chi connectivity index (χ3v) is 5.04. The number of rotatable bonds is 6. The van der Waals surface area contributed by atoms with E-state index in [0.717, 1.165) is 11.1 Å². The number of hydrogen-bond acceptors (Lipinski definition) is 3. The van der Waals surface area contributed by atoms with Crippen molar-refractivity contribution in [1.82, 2.24) is 0 Å². The highest BCUT2D eigenvalue weighted by Crippen LogP contribution is 2.26. The van der Waals surface area contributed by atoms with Crippen LogP contribution in [0.3, 0.4) is 0 Å². The van der Waals surface area contributed by atoms with Crippen molar-refractivity contribution in [1.29, 1.82) is 0 Å². The van der Waals surface area contributed by atoms with Gasteiger partial charge in [-0.15, -0.1) is 0 Å². The smallest absolute Gasteiger partial charge is 0.266 e. The molecular formula is C18H22O3S. The van der Waals surface area contributed by atoms with E-state index >= 15 is 0 Å². The molecule has 2 aromatic carbocycles. The van der Waals surface area contributed by atoms with E-state index in [1.165, 1.54) is 0 Å². The van der Waals surface area contributed by atoms with Crippen LogP contribution in [0.2, 0.25) is 0 Å². The Morgan fingerprint density at radius 1 is 0.955 bits per heavy atom. The Morgan fingerprint density at radius 2 is 1.55 bits per heavy atom. The van der Waals surface area contributed by atoms with Gasteiger partial charge in [0.05, 0.1) is 11.5 Å². The first-order valence-corrected chi connectivity index (χ1v) is 8.82. The average Bonchev–Trinajstić information content (AvgIpc) is 2.48. The van der Waals surface area contributed by atoms with Crippen molar-refractivity contribution in [3.63, 3.8) is 0 Å². The third-order valence-electron chi connectivity index (χ3n) is 3.74. The van der Waals surface area contributed by atoms with Crippen LogP contribution in [0, 0.1) is 12.8 Å². The maximum absolute atomic E-state index is 12.3. The lowest BCUT2D eigenvalue weighted by Crippen LogP contribution is -2.17. The summed E-state index contributed by atoms with van der Waals surface area (Å²) >= 11 is 0. The molecule has 0 fully saturated rings. The molecule has 22 heavy (non-hydrogen) atoms. The van der Waals surface area contributed by atoms with Crippen LogP contribution in [-0.2, 0) is 14.3 Å². The van der Waals surface area contributed by atoms with Crippen LogP contribution >= 0.6 is 0 Å². The van der Waals surface area contributed by atoms with Crippen LogP contribution in [0.4, 0.5) is 0 Å². The summed E-state index contributed by atoms with van der Waals surface area (Å²) in [5.74, 6) is 0.331. The van der Waals surface area contributed by atoms with Gasteiger partial charge in [-0.3, -0.25) is 4.18 Å². The Kier molecular flexibility index (Phi) is 5.37. The molecule has 1 atom stereocenters. The Hall–Kier alpha value is -1.65. The molecule has 2 rings (SSSR count). The van der Waals surface area contributed by atoms with Gasteiger partial charge in [-0.25, -0.2) is 0 Å². The van der Waals surface area contributed by atoms with Crippen molar-refractivity contribution >= 4 is 10.1 Å². The van der Waals surface area contributed by atoms with E-state index in [4.69, 9.17) is 4.18 Å². The SMILES string of the molecule is Cc1ccc(S(=O)(=O)OCC(c2ccccc2)C(C)C)cc1.